The Morgan fingerprint density at radius 1 is 1.24 bits per heavy atom. The highest BCUT2D eigenvalue weighted by molar-refractivity contribution is 6.35. The molecule has 2 rings (SSSR count). The monoisotopic (exact) mass is 323 g/mol. The third kappa shape index (κ3) is 4.40. The quantitative estimate of drug-likeness (QED) is 0.827. The lowest BCUT2D eigenvalue weighted by Gasteiger charge is -2.25. The Balaban J connectivity index is 2.04. The van der Waals surface area contributed by atoms with Gasteiger partial charge < -0.3 is 0 Å². The molecule has 0 radical (unpaired) electrons. The molecule has 21 heavy (non-hydrogen) atoms. The number of halogens is 2. The van der Waals surface area contributed by atoms with Crippen LogP contribution in [0, 0.1) is 6.92 Å². The number of aryl methyl sites for hydroxylation is 1. The summed E-state index contributed by atoms with van der Waals surface area (Å²) in [5, 5.41) is 1.21. The minimum absolute atomic E-state index is 0.333. The van der Waals surface area contributed by atoms with Gasteiger partial charge in [-0.1, -0.05) is 23.2 Å². The highest BCUT2D eigenvalue weighted by atomic mass is 35.5. The second-order valence-corrected chi connectivity index (χ2v) is 6.19. The van der Waals surface area contributed by atoms with Crippen molar-refractivity contribution in [1.29, 1.82) is 0 Å². The molecule has 0 amide bonds. The fraction of sp³-hybridized carbons (Fsp3) is 0.375. The number of aromatic nitrogens is 2. The van der Waals surface area contributed by atoms with E-state index in [0.29, 0.717) is 22.6 Å². The molecule has 0 aliphatic heterocycles. The summed E-state index contributed by atoms with van der Waals surface area (Å²) >= 11 is 12.3. The van der Waals surface area contributed by atoms with Crippen LogP contribution in [0.3, 0.4) is 0 Å². The van der Waals surface area contributed by atoms with E-state index < -0.39 is 0 Å². The van der Waals surface area contributed by atoms with Gasteiger partial charge in [0, 0.05) is 48.9 Å². The van der Waals surface area contributed by atoms with Crippen molar-refractivity contribution in [3.05, 3.63) is 57.6 Å². The molecule has 5 heteroatoms. The first kappa shape index (κ1) is 16.2. The van der Waals surface area contributed by atoms with E-state index in [-0.39, 0.29) is 0 Å². The fourth-order valence-corrected chi connectivity index (χ4v) is 2.65. The molecule has 0 saturated carbocycles. The summed E-state index contributed by atoms with van der Waals surface area (Å²) in [5.74, 6) is 0. The summed E-state index contributed by atoms with van der Waals surface area (Å²) in [5.41, 5.74) is 3.25. The first-order chi connectivity index (χ1) is 9.97. The summed E-state index contributed by atoms with van der Waals surface area (Å²) < 4.78 is 0. The van der Waals surface area contributed by atoms with E-state index in [0.717, 1.165) is 17.7 Å². The molecule has 1 atom stereocenters. The van der Waals surface area contributed by atoms with Crippen molar-refractivity contribution in [2.75, 3.05) is 7.05 Å². The van der Waals surface area contributed by atoms with E-state index >= 15 is 0 Å². The van der Waals surface area contributed by atoms with E-state index in [4.69, 9.17) is 23.2 Å². The van der Waals surface area contributed by atoms with Gasteiger partial charge in [-0.2, -0.15) is 0 Å². The fourth-order valence-electron chi connectivity index (χ4n) is 2.16. The molecular formula is C16H19Cl2N3. The molecule has 0 spiro atoms. The molecule has 2 heterocycles. The number of hydrogen-bond donors (Lipinski definition) is 0. The predicted molar refractivity (Wildman–Crippen MR) is 87.9 cm³/mol. The zero-order valence-corrected chi connectivity index (χ0v) is 14.0. The van der Waals surface area contributed by atoms with E-state index in [1.807, 2.05) is 12.3 Å². The van der Waals surface area contributed by atoms with Gasteiger partial charge in [-0.05, 0) is 38.6 Å². The zero-order valence-electron chi connectivity index (χ0n) is 12.5. The van der Waals surface area contributed by atoms with Crippen LogP contribution in [0.4, 0.5) is 0 Å². The summed E-state index contributed by atoms with van der Waals surface area (Å²) in [4.78, 5) is 10.6. The summed E-state index contributed by atoms with van der Waals surface area (Å²) in [6.45, 7) is 4.94. The Labute approximate surface area is 135 Å². The Kier molecular flexibility index (Phi) is 5.57. The van der Waals surface area contributed by atoms with Crippen molar-refractivity contribution < 1.29 is 0 Å². The Morgan fingerprint density at radius 2 is 1.90 bits per heavy atom. The molecule has 0 saturated heterocycles. The molecule has 112 valence electrons. The number of hydrogen-bond acceptors (Lipinski definition) is 3. The molecule has 3 nitrogen and oxygen atoms in total. The highest BCUT2D eigenvalue weighted by Gasteiger charge is 2.15. The van der Waals surface area contributed by atoms with Crippen molar-refractivity contribution in [2.45, 2.75) is 32.9 Å². The summed E-state index contributed by atoms with van der Waals surface area (Å²) in [6, 6.07) is 4.46. The van der Waals surface area contributed by atoms with Crippen molar-refractivity contribution in [2.24, 2.45) is 0 Å². The van der Waals surface area contributed by atoms with Crippen LogP contribution in [0.1, 0.15) is 23.7 Å². The number of nitrogens with zero attached hydrogens (tertiary/aromatic N) is 3. The standard InChI is InChI=1S/C16H19Cl2N3/c1-11-4-5-20-13(6-11)7-12(2)21(3)10-14-15(17)8-19-9-16(14)18/h4-6,8-9,12H,7,10H2,1-3H3. The maximum atomic E-state index is 6.17. The van der Waals surface area contributed by atoms with E-state index in [9.17, 15) is 0 Å². The Bertz CT molecular complexity index is 596. The molecule has 2 aromatic heterocycles. The van der Waals surface area contributed by atoms with Gasteiger partial charge in [-0.25, -0.2) is 0 Å². The van der Waals surface area contributed by atoms with Crippen LogP contribution < -0.4 is 0 Å². The lowest BCUT2D eigenvalue weighted by molar-refractivity contribution is 0.247. The van der Waals surface area contributed by atoms with Gasteiger partial charge in [-0.15, -0.1) is 0 Å². The van der Waals surface area contributed by atoms with Crippen LogP contribution in [-0.2, 0) is 13.0 Å². The van der Waals surface area contributed by atoms with Gasteiger partial charge in [0.15, 0.2) is 0 Å². The lowest BCUT2D eigenvalue weighted by atomic mass is 10.1. The average molecular weight is 324 g/mol. The van der Waals surface area contributed by atoms with Gasteiger partial charge in [-0.3, -0.25) is 14.9 Å². The number of likely N-dealkylation sites (N-methyl/N-ethyl adjacent to an activating group) is 1. The molecule has 0 aliphatic rings. The van der Waals surface area contributed by atoms with Crippen molar-refractivity contribution in [3.8, 4) is 0 Å². The summed E-state index contributed by atoms with van der Waals surface area (Å²) in [7, 11) is 2.06. The molecular weight excluding hydrogens is 305 g/mol. The minimum Gasteiger partial charge on any atom is -0.299 e. The second-order valence-electron chi connectivity index (χ2n) is 5.37. The largest absolute Gasteiger partial charge is 0.299 e. The highest BCUT2D eigenvalue weighted by Crippen LogP contribution is 2.24. The van der Waals surface area contributed by atoms with Crippen LogP contribution in [0.25, 0.3) is 0 Å². The normalized spacial score (nSPS) is 12.7. The molecule has 0 bridgehead atoms. The average Bonchev–Trinajstić information content (AvgIpc) is 2.43. The van der Waals surface area contributed by atoms with Crippen LogP contribution in [0.2, 0.25) is 10.0 Å². The topological polar surface area (TPSA) is 29.0 Å². The smallest absolute Gasteiger partial charge is 0.0649 e. The molecule has 0 aromatic carbocycles. The van der Waals surface area contributed by atoms with Gasteiger partial charge in [0.1, 0.15) is 0 Å². The van der Waals surface area contributed by atoms with Crippen LogP contribution in [-0.4, -0.2) is 28.0 Å². The summed E-state index contributed by atoms with van der Waals surface area (Å²) in [6.07, 6.45) is 6.00. The van der Waals surface area contributed by atoms with Crippen LogP contribution in [0.5, 0.6) is 0 Å². The third-order valence-electron chi connectivity index (χ3n) is 3.59. The number of rotatable bonds is 5. The van der Waals surface area contributed by atoms with Gasteiger partial charge in [0.25, 0.3) is 0 Å². The van der Waals surface area contributed by atoms with Crippen molar-refractivity contribution >= 4 is 23.2 Å². The van der Waals surface area contributed by atoms with Crippen molar-refractivity contribution in [3.63, 3.8) is 0 Å². The Morgan fingerprint density at radius 3 is 2.52 bits per heavy atom. The lowest BCUT2D eigenvalue weighted by Crippen LogP contribution is -2.31. The number of pyridine rings is 2. The maximum Gasteiger partial charge on any atom is 0.0649 e. The molecule has 2 aromatic rings. The van der Waals surface area contributed by atoms with E-state index in [2.05, 4.69) is 41.8 Å². The van der Waals surface area contributed by atoms with Crippen molar-refractivity contribution in [1.82, 2.24) is 14.9 Å². The molecule has 1 unspecified atom stereocenters. The molecule has 0 fully saturated rings. The minimum atomic E-state index is 0.333. The maximum absolute atomic E-state index is 6.17. The molecule has 0 aliphatic carbocycles. The SMILES string of the molecule is Cc1ccnc(CC(C)N(C)Cc2c(Cl)cncc2Cl)c1. The first-order valence-corrected chi connectivity index (χ1v) is 7.62. The van der Waals surface area contributed by atoms with Gasteiger partial charge in [0.2, 0.25) is 0 Å². The van der Waals surface area contributed by atoms with E-state index in [1.54, 1.807) is 12.4 Å². The zero-order chi connectivity index (χ0) is 15.4. The predicted octanol–water partition coefficient (Wildman–Crippen LogP) is 4.15. The third-order valence-corrected chi connectivity index (χ3v) is 4.24. The van der Waals surface area contributed by atoms with Crippen LogP contribution in [0.15, 0.2) is 30.7 Å². The van der Waals surface area contributed by atoms with Crippen LogP contribution >= 0.6 is 23.2 Å². The Hall–Kier alpha value is -1.16. The van der Waals surface area contributed by atoms with Gasteiger partial charge in [0.05, 0.1) is 10.0 Å². The molecule has 0 N–H and O–H groups in total. The van der Waals surface area contributed by atoms with E-state index in [1.165, 1.54) is 5.56 Å². The first-order valence-electron chi connectivity index (χ1n) is 6.87. The van der Waals surface area contributed by atoms with Gasteiger partial charge >= 0.3 is 0 Å². The second kappa shape index (κ2) is 7.21.